The molecule has 1 aliphatic rings. The van der Waals surface area contributed by atoms with Crippen molar-refractivity contribution in [3.63, 3.8) is 0 Å². The van der Waals surface area contributed by atoms with Crippen molar-refractivity contribution in [1.82, 2.24) is 9.88 Å². The molecule has 1 aromatic heterocycles. The van der Waals surface area contributed by atoms with Crippen LogP contribution in [0.15, 0.2) is 59.6 Å². The third-order valence-electron chi connectivity index (χ3n) is 5.08. The summed E-state index contributed by atoms with van der Waals surface area (Å²) in [5.41, 5.74) is 4.39. The average molecular weight is 407 g/mol. The minimum Gasteiger partial charge on any atom is -0.396 e. The van der Waals surface area contributed by atoms with Crippen molar-refractivity contribution in [2.45, 2.75) is 13.3 Å². The van der Waals surface area contributed by atoms with Gasteiger partial charge in [-0.3, -0.25) is 14.5 Å². The predicted molar refractivity (Wildman–Crippen MR) is 116 cm³/mol. The monoisotopic (exact) mass is 406 g/mol. The second-order valence-electron chi connectivity index (χ2n) is 7.01. The molecule has 4 rings (SSSR count). The lowest BCUT2D eigenvalue weighted by atomic mass is 10.0. The number of benzene rings is 2. The SMILES string of the molecule is Cc1ccc(C2=C(SCCO)C(=O)N(CCc3c[nH]c4ccccc34)C2=O)cc1. The highest BCUT2D eigenvalue weighted by Gasteiger charge is 2.38. The van der Waals surface area contributed by atoms with E-state index in [1.807, 2.05) is 61.7 Å². The molecule has 1 aliphatic heterocycles. The number of carbonyl (C=O) groups is 2. The van der Waals surface area contributed by atoms with E-state index in [-0.39, 0.29) is 18.4 Å². The predicted octanol–water partition coefficient (Wildman–Crippen LogP) is 3.52. The van der Waals surface area contributed by atoms with Crippen LogP contribution in [-0.2, 0) is 16.0 Å². The topological polar surface area (TPSA) is 73.4 Å². The van der Waals surface area contributed by atoms with Gasteiger partial charge in [-0.1, -0.05) is 48.0 Å². The van der Waals surface area contributed by atoms with E-state index in [0.29, 0.717) is 29.2 Å². The second kappa shape index (κ2) is 8.27. The summed E-state index contributed by atoms with van der Waals surface area (Å²) >= 11 is 1.24. The van der Waals surface area contributed by atoms with Crippen molar-refractivity contribution < 1.29 is 14.7 Å². The number of H-pyrrole nitrogens is 1. The summed E-state index contributed by atoms with van der Waals surface area (Å²) in [6, 6.07) is 15.6. The molecule has 148 valence electrons. The van der Waals surface area contributed by atoms with Crippen molar-refractivity contribution in [3.05, 3.63) is 76.3 Å². The highest BCUT2D eigenvalue weighted by Crippen LogP contribution is 2.36. The second-order valence-corrected chi connectivity index (χ2v) is 8.12. The van der Waals surface area contributed by atoms with Crippen LogP contribution in [0.2, 0.25) is 0 Å². The fraction of sp³-hybridized carbons (Fsp3) is 0.217. The van der Waals surface area contributed by atoms with Crippen molar-refractivity contribution in [3.8, 4) is 0 Å². The summed E-state index contributed by atoms with van der Waals surface area (Å²) in [5, 5.41) is 10.3. The number of hydrogen-bond acceptors (Lipinski definition) is 4. The summed E-state index contributed by atoms with van der Waals surface area (Å²) in [6.07, 6.45) is 2.52. The van der Waals surface area contributed by atoms with Gasteiger partial charge in [0.05, 0.1) is 17.1 Å². The minimum absolute atomic E-state index is 0.0495. The van der Waals surface area contributed by atoms with Crippen LogP contribution in [0.4, 0.5) is 0 Å². The Morgan fingerprint density at radius 1 is 1.03 bits per heavy atom. The number of nitrogens with one attached hydrogen (secondary N) is 1. The number of imide groups is 1. The van der Waals surface area contributed by atoms with Gasteiger partial charge >= 0.3 is 0 Å². The van der Waals surface area contributed by atoms with Crippen molar-refractivity contribution in [2.75, 3.05) is 18.9 Å². The van der Waals surface area contributed by atoms with Crippen LogP contribution in [-0.4, -0.2) is 45.7 Å². The normalized spacial score (nSPS) is 14.5. The molecular weight excluding hydrogens is 384 g/mol. The maximum Gasteiger partial charge on any atom is 0.267 e. The summed E-state index contributed by atoms with van der Waals surface area (Å²) in [5.74, 6) is -0.164. The summed E-state index contributed by atoms with van der Waals surface area (Å²) in [6.45, 7) is 2.25. The first-order chi connectivity index (χ1) is 14.1. The van der Waals surface area contributed by atoms with Crippen molar-refractivity contribution in [1.29, 1.82) is 0 Å². The molecule has 6 heteroatoms. The number of carbonyl (C=O) groups excluding carboxylic acids is 2. The molecule has 0 radical (unpaired) electrons. The van der Waals surface area contributed by atoms with Gasteiger partial charge in [0.25, 0.3) is 11.8 Å². The molecule has 3 aromatic rings. The van der Waals surface area contributed by atoms with Gasteiger partial charge in [0.2, 0.25) is 0 Å². The highest BCUT2D eigenvalue weighted by molar-refractivity contribution is 8.04. The van der Waals surface area contributed by atoms with E-state index in [4.69, 9.17) is 0 Å². The van der Waals surface area contributed by atoms with Gasteiger partial charge < -0.3 is 10.1 Å². The van der Waals surface area contributed by atoms with Gasteiger partial charge in [0, 0.05) is 29.4 Å². The zero-order valence-electron chi connectivity index (χ0n) is 16.1. The molecule has 2 aromatic carbocycles. The standard InChI is InChI=1S/C23H22N2O3S/c1-15-6-8-16(9-7-15)20-21(29-13-12-26)23(28)25(22(20)27)11-10-17-14-24-19-5-3-2-4-18(17)19/h2-9,14,24,26H,10-13H2,1H3. The van der Waals surface area contributed by atoms with Crippen LogP contribution in [0.5, 0.6) is 0 Å². The van der Waals surface area contributed by atoms with Crippen LogP contribution in [0.3, 0.4) is 0 Å². The maximum atomic E-state index is 13.2. The Bertz CT molecular complexity index is 1100. The Labute approximate surface area is 173 Å². The first kappa shape index (κ1) is 19.5. The highest BCUT2D eigenvalue weighted by atomic mass is 32.2. The molecule has 0 bridgehead atoms. The van der Waals surface area contributed by atoms with Crippen molar-refractivity contribution >= 4 is 40.1 Å². The third kappa shape index (κ3) is 3.73. The van der Waals surface area contributed by atoms with E-state index in [1.165, 1.54) is 16.7 Å². The maximum absolute atomic E-state index is 13.2. The number of amides is 2. The quantitative estimate of drug-likeness (QED) is 0.589. The molecular formula is C23H22N2O3S. The number of aryl methyl sites for hydroxylation is 1. The van der Waals surface area contributed by atoms with Crippen LogP contribution in [0.25, 0.3) is 16.5 Å². The lowest BCUT2D eigenvalue weighted by Gasteiger charge is -2.15. The van der Waals surface area contributed by atoms with Crippen LogP contribution in [0.1, 0.15) is 16.7 Å². The Hall–Kier alpha value is -2.83. The minimum atomic E-state index is -0.274. The summed E-state index contributed by atoms with van der Waals surface area (Å²) in [7, 11) is 0. The van der Waals surface area contributed by atoms with E-state index in [1.54, 1.807) is 0 Å². The Morgan fingerprint density at radius 2 is 1.79 bits per heavy atom. The van der Waals surface area contributed by atoms with Gasteiger partial charge in [-0.05, 0) is 30.5 Å². The number of rotatable bonds is 7. The molecule has 29 heavy (non-hydrogen) atoms. The number of nitrogens with zero attached hydrogens (tertiary/aromatic N) is 1. The molecule has 0 atom stereocenters. The van der Waals surface area contributed by atoms with Gasteiger partial charge in [0.15, 0.2) is 0 Å². The van der Waals surface area contributed by atoms with Gasteiger partial charge in [-0.2, -0.15) is 0 Å². The van der Waals surface area contributed by atoms with E-state index < -0.39 is 0 Å². The number of thioether (sulfide) groups is 1. The third-order valence-corrected chi connectivity index (χ3v) is 6.14. The lowest BCUT2D eigenvalue weighted by molar-refractivity contribution is -0.136. The van der Waals surface area contributed by atoms with E-state index in [9.17, 15) is 14.7 Å². The smallest absolute Gasteiger partial charge is 0.267 e. The molecule has 2 N–H and O–H groups in total. The molecule has 0 unspecified atom stereocenters. The van der Waals surface area contributed by atoms with E-state index in [2.05, 4.69) is 4.98 Å². The van der Waals surface area contributed by atoms with Crippen LogP contribution in [0, 0.1) is 6.92 Å². The number of hydrogen-bond donors (Lipinski definition) is 2. The number of aromatic amines is 1. The van der Waals surface area contributed by atoms with Gasteiger partial charge in [-0.15, -0.1) is 11.8 Å². The molecule has 2 amide bonds. The molecule has 0 aliphatic carbocycles. The molecule has 0 saturated carbocycles. The fourth-order valence-corrected chi connectivity index (χ4v) is 4.46. The number of aliphatic hydroxyl groups excluding tert-OH is 1. The zero-order chi connectivity index (χ0) is 20.4. The lowest BCUT2D eigenvalue weighted by Crippen LogP contribution is -2.33. The van der Waals surface area contributed by atoms with Gasteiger partial charge in [-0.25, -0.2) is 0 Å². The summed E-state index contributed by atoms with van der Waals surface area (Å²) < 4.78 is 0. The van der Waals surface area contributed by atoms with Gasteiger partial charge in [0.1, 0.15) is 0 Å². The number of aliphatic hydroxyl groups is 1. The van der Waals surface area contributed by atoms with E-state index >= 15 is 0 Å². The first-order valence-electron chi connectivity index (χ1n) is 9.56. The fourth-order valence-electron chi connectivity index (χ4n) is 3.58. The number of aromatic nitrogens is 1. The number of para-hydroxylation sites is 1. The van der Waals surface area contributed by atoms with Crippen LogP contribution >= 0.6 is 11.8 Å². The molecule has 5 nitrogen and oxygen atoms in total. The average Bonchev–Trinajstić information content (AvgIpc) is 3.24. The molecule has 0 saturated heterocycles. The van der Waals surface area contributed by atoms with Crippen molar-refractivity contribution in [2.24, 2.45) is 0 Å². The Kier molecular flexibility index (Phi) is 5.56. The zero-order valence-corrected chi connectivity index (χ0v) is 17.0. The number of fused-ring (bicyclic) bond motifs is 1. The molecule has 0 fully saturated rings. The largest absolute Gasteiger partial charge is 0.396 e. The van der Waals surface area contributed by atoms with E-state index in [0.717, 1.165) is 27.6 Å². The Balaban J connectivity index is 1.60. The molecule has 0 spiro atoms. The first-order valence-corrected chi connectivity index (χ1v) is 10.5. The molecule has 2 heterocycles. The summed E-state index contributed by atoms with van der Waals surface area (Å²) in [4.78, 5) is 31.2. The Morgan fingerprint density at radius 3 is 2.55 bits per heavy atom. The van der Waals surface area contributed by atoms with Crippen LogP contribution < -0.4 is 0 Å².